The number of aromatic nitrogens is 3. The molecule has 0 fully saturated rings. The van der Waals surface area contributed by atoms with Gasteiger partial charge in [0.1, 0.15) is 0 Å². The van der Waals surface area contributed by atoms with E-state index in [1.807, 2.05) is 0 Å². The average Bonchev–Trinajstić information content (AvgIpc) is 2.47. The van der Waals surface area contributed by atoms with Gasteiger partial charge in [-0.2, -0.15) is 5.10 Å². The number of nitrogens with zero attached hydrogens (tertiary/aromatic N) is 3. The SMILES string of the molecule is OCc1cnn2cccnc12. The second-order valence-corrected chi connectivity index (χ2v) is 2.22. The van der Waals surface area contributed by atoms with Crippen molar-refractivity contribution < 1.29 is 5.11 Å². The van der Waals surface area contributed by atoms with Crippen molar-refractivity contribution in [1.82, 2.24) is 14.6 Å². The van der Waals surface area contributed by atoms with Crippen molar-refractivity contribution in [2.45, 2.75) is 6.61 Å². The van der Waals surface area contributed by atoms with Gasteiger partial charge in [-0.15, -0.1) is 0 Å². The number of fused-ring (bicyclic) bond motifs is 1. The first kappa shape index (κ1) is 6.30. The van der Waals surface area contributed by atoms with Crippen molar-refractivity contribution in [2.75, 3.05) is 0 Å². The van der Waals surface area contributed by atoms with Crippen LogP contribution in [0.15, 0.2) is 24.7 Å². The van der Waals surface area contributed by atoms with Crippen molar-refractivity contribution >= 4 is 5.65 Å². The fourth-order valence-electron chi connectivity index (χ4n) is 0.988. The van der Waals surface area contributed by atoms with E-state index in [0.717, 1.165) is 11.2 Å². The van der Waals surface area contributed by atoms with Crippen molar-refractivity contribution in [1.29, 1.82) is 0 Å². The average molecular weight is 149 g/mol. The Labute approximate surface area is 63.1 Å². The molecule has 2 aromatic heterocycles. The number of hydrogen-bond donors (Lipinski definition) is 1. The van der Waals surface area contributed by atoms with E-state index in [4.69, 9.17) is 5.11 Å². The zero-order chi connectivity index (χ0) is 7.68. The molecule has 0 aliphatic rings. The van der Waals surface area contributed by atoms with Gasteiger partial charge < -0.3 is 5.11 Å². The van der Waals surface area contributed by atoms with Gasteiger partial charge in [-0.05, 0) is 6.07 Å². The Morgan fingerprint density at radius 2 is 2.45 bits per heavy atom. The summed E-state index contributed by atoms with van der Waals surface area (Å²) in [7, 11) is 0. The normalized spacial score (nSPS) is 10.6. The fourth-order valence-corrected chi connectivity index (χ4v) is 0.988. The molecule has 0 saturated carbocycles. The van der Waals surface area contributed by atoms with Crippen LogP contribution in [0.25, 0.3) is 5.65 Å². The lowest BCUT2D eigenvalue weighted by Gasteiger charge is -1.90. The molecule has 1 N–H and O–H groups in total. The van der Waals surface area contributed by atoms with Crippen molar-refractivity contribution in [3.63, 3.8) is 0 Å². The lowest BCUT2D eigenvalue weighted by Crippen LogP contribution is -1.88. The Balaban J connectivity index is 2.76. The molecule has 0 aliphatic heterocycles. The molecule has 0 unspecified atom stereocenters. The van der Waals surface area contributed by atoms with E-state index >= 15 is 0 Å². The van der Waals surface area contributed by atoms with Gasteiger partial charge >= 0.3 is 0 Å². The van der Waals surface area contributed by atoms with Crippen molar-refractivity contribution in [2.24, 2.45) is 0 Å². The Morgan fingerprint density at radius 3 is 3.27 bits per heavy atom. The van der Waals surface area contributed by atoms with Crippen molar-refractivity contribution in [3.05, 3.63) is 30.2 Å². The van der Waals surface area contributed by atoms with Crippen LogP contribution < -0.4 is 0 Å². The van der Waals surface area contributed by atoms with E-state index in [-0.39, 0.29) is 6.61 Å². The molecule has 0 atom stereocenters. The van der Waals surface area contributed by atoms with Gasteiger partial charge in [-0.25, -0.2) is 9.50 Å². The van der Waals surface area contributed by atoms with E-state index in [1.54, 1.807) is 29.2 Å². The molecule has 0 spiro atoms. The van der Waals surface area contributed by atoms with Crippen LogP contribution in [0, 0.1) is 0 Å². The minimum atomic E-state index is -0.0134. The van der Waals surface area contributed by atoms with E-state index < -0.39 is 0 Å². The summed E-state index contributed by atoms with van der Waals surface area (Å²) in [5.74, 6) is 0. The first-order valence-corrected chi connectivity index (χ1v) is 3.30. The zero-order valence-corrected chi connectivity index (χ0v) is 5.81. The monoisotopic (exact) mass is 149 g/mol. The Morgan fingerprint density at radius 1 is 1.55 bits per heavy atom. The third-order valence-corrected chi connectivity index (χ3v) is 1.52. The first-order valence-electron chi connectivity index (χ1n) is 3.30. The first-order chi connectivity index (χ1) is 5.42. The van der Waals surface area contributed by atoms with Gasteiger partial charge in [-0.3, -0.25) is 0 Å². The third-order valence-electron chi connectivity index (χ3n) is 1.52. The lowest BCUT2D eigenvalue weighted by molar-refractivity contribution is 0.283. The third kappa shape index (κ3) is 0.877. The summed E-state index contributed by atoms with van der Waals surface area (Å²) in [5.41, 5.74) is 1.47. The van der Waals surface area contributed by atoms with Gasteiger partial charge in [0.2, 0.25) is 0 Å². The highest BCUT2D eigenvalue weighted by Crippen LogP contribution is 2.05. The molecule has 4 nitrogen and oxygen atoms in total. The van der Waals surface area contributed by atoms with E-state index in [0.29, 0.717) is 0 Å². The quantitative estimate of drug-likeness (QED) is 0.631. The molecule has 56 valence electrons. The van der Waals surface area contributed by atoms with Crippen LogP contribution >= 0.6 is 0 Å². The van der Waals surface area contributed by atoms with Gasteiger partial charge in [-0.1, -0.05) is 0 Å². The zero-order valence-electron chi connectivity index (χ0n) is 5.81. The molecule has 0 aromatic carbocycles. The predicted molar refractivity (Wildman–Crippen MR) is 38.9 cm³/mol. The molecule has 0 bridgehead atoms. The highest BCUT2D eigenvalue weighted by atomic mass is 16.3. The van der Waals surface area contributed by atoms with Crippen LogP contribution in [0.4, 0.5) is 0 Å². The molecule has 0 saturated heterocycles. The standard InChI is InChI=1S/C7H7N3O/c11-5-6-4-9-10-3-1-2-8-7(6)10/h1-4,11H,5H2. The number of hydrogen-bond acceptors (Lipinski definition) is 3. The Bertz CT molecular complexity index is 368. The summed E-state index contributed by atoms with van der Waals surface area (Å²) >= 11 is 0. The largest absolute Gasteiger partial charge is 0.391 e. The molecule has 0 aliphatic carbocycles. The highest BCUT2D eigenvalue weighted by molar-refractivity contribution is 5.44. The maximum atomic E-state index is 8.83. The predicted octanol–water partition coefficient (Wildman–Crippen LogP) is 0.222. The Hall–Kier alpha value is -1.42. The van der Waals surface area contributed by atoms with Crippen LogP contribution in [-0.4, -0.2) is 19.7 Å². The maximum Gasteiger partial charge on any atom is 0.160 e. The second kappa shape index (κ2) is 2.32. The molecular formula is C7H7N3O. The van der Waals surface area contributed by atoms with Crippen molar-refractivity contribution in [3.8, 4) is 0 Å². The topological polar surface area (TPSA) is 50.4 Å². The van der Waals surface area contributed by atoms with Crippen LogP contribution in [-0.2, 0) is 6.61 Å². The van der Waals surface area contributed by atoms with Gasteiger partial charge in [0.05, 0.1) is 12.8 Å². The molecule has 2 heterocycles. The van der Waals surface area contributed by atoms with E-state index in [9.17, 15) is 0 Å². The molecule has 2 rings (SSSR count). The van der Waals surface area contributed by atoms with Gasteiger partial charge in [0, 0.05) is 18.0 Å². The number of aliphatic hydroxyl groups excluding tert-OH is 1. The van der Waals surface area contributed by atoms with Crippen LogP contribution in [0.3, 0.4) is 0 Å². The van der Waals surface area contributed by atoms with Crippen LogP contribution in [0.5, 0.6) is 0 Å². The van der Waals surface area contributed by atoms with Crippen LogP contribution in [0.1, 0.15) is 5.56 Å². The van der Waals surface area contributed by atoms with Gasteiger partial charge in [0.25, 0.3) is 0 Å². The summed E-state index contributed by atoms with van der Waals surface area (Å²) in [5, 5.41) is 12.8. The summed E-state index contributed by atoms with van der Waals surface area (Å²) in [6, 6.07) is 1.79. The number of aliphatic hydroxyl groups is 1. The molecule has 4 heteroatoms. The highest BCUT2D eigenvalue weighted by Gasteiger charge is 2.00. The van der Waals surface area contributed by atoms with Gasteiger partial charge in [0.15, 0.2) is 5.65 Å². The van der Waals surface area contributed by atoms with Crippen LogP contribution in [0.2, 0.25) is 0 Å². The Kier molecular flexibility index (Phi) is 1.33. The van der Waals surface area contributed by atoms with E-state index in [1.165, 1.54) is 0 Å². The summed E-state index contributed by atoms with van der Waals surface area (Å²) in [4.78, 5) is 4.05. The fraction of sp³-hybridized carbons (Fsp3) is 0.143. The molecule has 0 radical (unpaired) electrons. The number of rotatable bonds is 1. The summed E-state index contributed by atoms with van der Waals surface area (Å²) in [6.45, 7) is -0.0134. The molecule has 11 heavy (non-hydrogen) atoms. The minimum absolute atomic E-state index is 0.0134. The van der Waals surface area contributed by atoms with E-state index in [2.05, 4.69) is 10.1 Å². The summed E-state index contributed by atoms with van der Waals surface area (Å²) in [6.07, 6.45) is 5.08. The lowest BCUT2D eigenvalue weighted by atomic mass is 10.4. The molecular weight excluding hydrogens is 142 g/mol. The maximum absolute atomic E-state index is 8.83. The summed E-state index contributed by atoms with van der Waals surface area (Å²) < 4.78 is 1.63. The second-order valence-electron chi connectivity index (χ2n) is 2.22. The minimum Gasteiger partial charge on any atom is -0.391 e. The molecule has 0 amide bonds. The molecule has 2 aromatic rings. The smallest absolute Gasteiger partial charge is 0.160 e.